The smallest absolute Gasteiger partial charge is 0.164 e. The zero-order chi connectivity index (χ0) is 45.9. The monoisotopic (exact) mass is 894 g/mol. The maximum Gasteiger partial charge on any atom is 0.164 e. The van der Waals surface area contributed by atoms with E-state index >= 15 is 0 Å². The summed E-state index contributed by atoms with van der Waals surface area (Å²) in [4.78, 5) is 15.5. The summed E-state index contributed by atoms with van der Waals surface area (Å²) in [6.07, 6.45) is 0. The Labute approximate surface area is 400 Å². The highest BCUT2D eigenvalue weighted by Crippen LogP contribution is 2.48. The molecule has 0 saturated heterocycles. The zero-order valence-corrected chi connectivity index (χ0v) is 37.5. The standard InChI is InChI=1S/C63H38N6O/c1-4-20-39(21-5-1)61-64-62(40-22-6-2-7-23-40)66-63(65-61)47-36-37-53(60-56(47)46-30-14-19-35-55(46)70-60)69-51-33-17-12-28-44(51)48-38-54(68-49-31-15-10-26-42(49)43-27-11-16-32-50(43)68)57-45-29-13-18-34-52(45)67(59(57)58(48)69)41-24-8-3-9-25-41/h1-38H. The van der Waals surface area contributed by atoms with Crippen molar-refractivity contribution in [2.75, 3.05) is 0 Å². The molecular weight excluding hydrogens is 857 g/mol. The molecule has 0 radical (unpaired) electrons. The lowest BCUT2D eigenvalue weighted by Crippen LogP contribution is -2.02. The molecule has 0 spiro atoms. The summed E-state index contributed by atoms with van der Waals surface area (Å²) < 4.78 is 14.5. The van der Waals surface area contributed by atoms with Gasteiger partial charge in [-0.3, -0.25) is 0 Å². The summed E-state index contributed by atoms with van der Waals surface area (Å²) in [5.41, 5.74) is 14.0. The topological polar surface area (TPSA) is 66.6 Å². The van der Waals surface area contributed by atoms with Crippen LogP contribution in [0.4, 0.5) is 0 Å². The highest BCUT2D eigenvalue weighted by Gasteiger charge is 2.28. The number of hydrogen-bond donors (Lipinski definition) is 0. The van der Waals surface area contributed by atoms with Crippen LogP contribution in [0.1, 0.15) is 0 Å². The van der Waals surface area contributed by atoms with Gasteiger partial charge in [0.1, 0.15) is 5.58 Å². The quantitative estimate of drug-likeness (QED) is 0.167. The van der Waals surface area contributed by atoms with Crippen molar-refractivity contribution >= 4 is 87.4 Å². The molecule has 5 heterocycles. The average Bonchev–Trinajstić information content (AvgIpc) is 4.18. The first kappa shape index (κ1) is 38.5. The van der Waals surface area contributed by atoms with Crippen LogP contribution in [0.15, 0.2) is 235 Å². The Morgan fingerprint density at radius 2 is 0.786 bits per heavy atom. The fourth-order valence-electron chi connectivity index (χ4n) is 11.1. The third kappa shape index (κ3) is 5.54. The summed E-state index contributed by atoms with van der Waals surface area (Å²) in [7, 11) is 0. The lowest BCUT2D eigenvalue weighted by Gasteiger charge is -2.16. The minimum absolute atomic E-state index is 0.570. The van der Waals surface area contributed by atoms with Gasteiger partial charge < -0.3 is 18.1 Å². The second-order valence-corrected chi connectivity index (χ2v) is 17.9. The molecule has 10 aromatic carbocycles. The molecule has 15 rings (SSSR count). The van der Waals surface area contributed by atoms with Crippen LogP contribution < -0.4 is 0 Å². The Bertz CT molecular complexity index is 4470. The number of nitrogens with zero attached hydrogens (tertiary/aromatic N) is 6. The molecule has 0 unspecified atom stereocenters. The SMILES string of the molecule is c1ccc(-c2nc(-c3ccccc3)nc(-c3ccc(-n4c5ccccc5c5cc(-n6c7ccccc7c7ccccc76)c6c7ccccc7n(-c7ccccc7)c6c54)c4oc5ccccc5c34)n2)cc1. The molecule has 0 atom stereocenters. The van der Waals surface area contributed by atoms with E-state index in [2.05, 4.69) is 177 Å². The van der Waals surface area contributed by atoms with E-state index in [0.29, 0.717) is 17.5 Å². The Kier molecular flexibility index (Phi) is 8.23. The molecule has 0 bridgehead atoms. The molecule has 0 aliphatic carbocycles. The summed E-state index contributed by atoms with van der Waals surface area (Å²) >= 11 is 0. The molecule has 0 N–H and O–H groups in total. The predicted octanol–water partition coefficient (Wildman–Crippen LogP) is 16.1. The van der Waals surface area contributed by atoms with Crippen LogP contribution in [0.5, 0.6) is 0 Å². The van der Waals surface area contributed by atoms with Gasteiger partial charge in [0, 0.05) is 65.5 Å². The van der Waals surface area contributed by atoms with Gasteiger partial charge in [0.15, 0.2) is 23.1 Å². The first-order valence-corrected chi connectivity index (χ1v) is 23.6. The highest BCUT2D eigenvalue weighted by atomic mass is 16.3. The third-order valence-corrected chi connectivity index (χ3v) is 14.1. The van der Waals surface area contributed by atoms with Crippen LogP contribution in [0, 0.1) is 0 Å². The number of rotatable bonds is 6. The maximum atomic E-state index is 7.16. The van der Waals surface area contributed by atoms with E-state index in [9.17, 15) is 0 Å². The van der Waals surface area contributed by atoms with Crippen LogP contribution in [0.3, 0.4) is 0 Å². The number of furan rings is 1. The van der Waals surface area contributed by atoms with Crippen LogP contribution in [-0.4, -0.2) is 28.7 Å². The van der Waals surface area contributed by atoms with E-state index in [1.165, 1.54) is 16.2 Å². The minimum Gasteiger partial charge on any atom is -0.454 e. The summed E-state index contributed by atoms with van der Waals surface area (Å²) in [5, 5.41) is 8.95. The molecule has 7 nitrogen and oxygen atoms in total. The molecule has 7 heteroatoms. The van der Waals surface area contributed by atoms with E-state index in [1.807, 2.05) is 66.7 Å². The second kappa shape index (κ2) is 15.0. The first-order valence-electron chi connectivity index (χ1n) is 23.6. The van der Waals surface area contributed by atoms with Gasteiger partial charge in [-0.05, 0) is 60.7 Å². The number of para-hydroxylation sites is 6. The molecule has 70 heavy (non-hydrogen) atoms. The predicted molar refractivity (Wildman–Crippen MR) is 286 cm³/mol. The largest absolute Gasteiger partial charge is 0.454 e. The lowest BCUT2D eigenvalue weighted by molar-refractivity contribution is 0.666. The van der Waals surface area contributed by atoms with E-state index in [0.717, 1.165) is 105 Å². The van der Waals surface area contributed by atoms with Gasteiger partial charge in [-0.2, -0.15) is 0 Å². The van der Waals surface area contributed by atoms with Crippen LogP contribution in [0.25, 0.3) is 139 Å². The van der Waals surface area contributed by atoms with E-state index in [-0.39, 0.29) is 0 Å². The van der Waals surface area contributed by atoms with Crippen molar-refractivity contribution in [2.24, 2.45) is 0 Å². The van der Waals surface area contributed by atoms with Gasteiger partial charge in [-0.15, -0.1) is 0 Å². The van der Waals surface area contributed by atoms with E-state index < -0.39 is 0 Å². The van der Waals surface area contributed by atoms with Crippen molar-refractivity contribution in [1.29, 1.82) is 0 Å². The molecule has 15 aromatic rings. The third-order valence-electron chi connectivity index (χ3n) is 14.1. The van der Waals surface area contributed by atoms with Crippen LogP contribution in [-0.2, 0) is 0 Å². The molecule has 0 amide bonds. The average molecular weight is 895 g/mol. The summed E-state index contributed by atoms with van der Waals surface area (Å²) in [5.74, 6) is 1.78. The molecule has 0 aliphatic rings. The Morgan fingerprint density at radius 1 is 0.314 bits per heavy atom. The van der Waals surface area contributed by atoms with E-state index in [1.54, 1.807) is 0 Å². The van der Waals surface area contributed by atoms with Gasteiger partial charge in [0.2, 0.25) is 0 Å². The van der Waals surface area contributed by atoms with Gasteiger partial charge in [0.05, 0.1) is 44.5 Å². The normalized spacial score (nSPS) is 12.0. The fraction of sp³-hybridized carbons (Fsp3) is 0. The van der Waals surface area contributed by atoms with Crippen molar-refractivity contribution in [3.05, 3.63) is 231 Å². The number of hydrogen-bond acceptors (Lipinski definition) is 4. The first-order chi connectivity index (χ1) is 34.8. The second-order valence-electron chi connectivity index (χ2n) is 17.9. The van der Waals surface area contributed by atoms with Gasteiger partial charge in [-0.25, -0.2) is 15.0 Å². The highest BCUT2D eigenvalue weighted by molar-refractivity contribution is 6.28. The van der Waals surface area contributed by atoms with Crippen molar-refractivity contribution < 1.29 is 4.42 Å². The van der Waals surface area contributed by atoms with E-state index in [4.69, 9.17) is 19.4 Å². The van der Waals surface area contributed by atoms with Crippen LogP contribution >= 0.6 is 0 Å². The Balaban J connectivity index is 1.11. The Hall–Kier alpha value is -9.59. The number of aromatic nitrogens is 6. The van der Waals surface area contributed by atoms with Crippen molar-refractivity contribution in [3.8, 4) is 51.2 Å². The molecular formula is C63H38N6O. The van der Waals surface area contributed by atoms with Crippen molar-refractivity contribution in [1.82, 2.24) is 28.7 Å². The Morgan fingerprint density at radius 3 is 1.40 bits per heavy atom. The summed E-state index contributed by atoms with van der Waals surface area (Å²) in [6, 6.07) is 81.4. The molecule has 5 aromatic heterocycles. The molecule has 0 saturated carbocycles. The van der Waals surface area contributed by atoms with Gasteiger partial charge in [-0.1, -0.05) is 170 Å². The van der Waals surface area contributed by atoms with Crippen LogP contribution in [0.2, 0.25) is 0 Å². The van der Waals surface area contributed by atoms with Crippen molar-refractivity contribution in [3.63, 3.8) is 0 Å². The van der Waals surface area contributed by atoms with Crippen molar-refractivity contribution in [2.45, 2.75) is 0 Å². The van der Waals surface area contributed by atoms with Gasteiger partial charge >= 0.3 is 0 Å². The zero-order valence-electron chi connectivity index (χ0n) is 37.5. The molecule has 0 aliphatic heterocycles. The molecule has 326 valence electrons. The minimum atomic E-state index is 0.570. The lowest BCUT2D eigenvalue weighted by atomic mass is 10.0. The summed E-state index contributed by atoms with van der Waals surface area (Å²) in [6.45, 7) is 0. The molecule has 0 fully saturated rings. The number of fused-ring (bicyclic) bond motifs is 13. The van der Waals surface area contributed by atoms with Gasteiger partial charge in [0.25, 0.3) is 0 Å². The fourth-order valence-corrected chi connectivity index (χ4v) is 11.1. The number of benzene rings is 10. The maximum absolute atomic E-state index is 7.16.